The number of nitrogens with one attached hydrogen (secondary N) is 1. The maximum atomic E-state index is 12.4. The van der Waals surface area contributed by atoms with E-state index in [-0.39, 0.29) is 17.1 Å². The van der Waals surface area contributed by atoms with Gasteiger partial charge in [0.05, 0.1) is 23.9 Å². The van der Waals surface area contributed by atoms with Crippen molar-refractivity contribution in [1.29, 1.82) is 0 Å². The molecule has 164 valence electrons. The predicted octanol–water partition coefficient (Wildman–Crippen LogP) is 5.19. The Hall–Kier alpha value is -3.36. The molecule has 0 atom stereocenters. The van der Waals surface area contributed by atoms with Crippen molar-refractivity contribution in [2.45, 2.75) is 6.92 Å². The van der Waals surface area contributed by atoms with E-state index in [0.717, 1.165) is 4.47 Å². The van der Waals surface area contributed by atoms with E-state index in [1.807, 2.05) is 0 Å². The summed E-state index contributed by atoms with van der Waals surface area (Å²) in [4.78, 5) is 24.6. The molecule has 0 radical (unpaired) electrons. The van der Waals surface area contributed by atoms with E-state index in [2.05, 4.69) is 26.5 Å². The molecule has 0 saturated heterocycles. The fourth-order valence-corrected chi connectivity index (χ4v) is 3.05. The highest BCUT2D eigenvalue weighted by Crippen LogP contribution is 2.29. The number of amides is 1. The first-order valence-corrected chi connectivity index (χ1v) is 10.6. The summed E-state index contributed by atoms with van der Waals surface area (Å²) in [5.41, 5.74) is 3.31. The van der Waals surface area contributed by atoms with Crippen molar-refractivity contribution in [2.24, 2.45) is 5.10 Å². The number of carbonyl (C=O) groups excluding carboxylic acids is 2. The monoisotopic (exact) mass is 516 g/mol. The first-order chi connectivity index (χ1) is 15.4. The topological polar surface area (TPSA) is 97.2 Å². The Balaban J connectivity index is 1.72. The lowest BCUT2D eigenvalue weighted by Crippen LogP contribution is -2.17. The minimum atomic E-state index is -0.619. The highest BCUT2D eigenvalue weighted by molar-refractivity contribution is 9.10. The Morgan fingerprint density at radius 3 is 2.56 bits per heavy atom. The van der Waals surface area contributed by atoms with Gasteiger partial charge in [-0.2, -0.15) is 5.10 Å². The van der Waals surface area contributed by atoms with Gasteiger partial charge in [0.15, 0.2) is 11.5 Å². The SMILES string of the molecule is CCOc1cc(/C=N/NC(=O)c2cc(Cl)ccc2O)ccc1OC(=O)c1ccc(Br)cc1. The molecule has 0 aliphatic carbocycles. The molecule has 0 aliphatic rings. The van der Waals surface area contributed by atoms with Crippen LogP contribution >= 0.6 is 27.5 Å². The van der Waals surface area contributed by atoms with Crippen molar-refractivity contribution >= 4 is 45.6 Å². The number of hydrogen-bond acceptors (Lipinski definition) is 6. The summed E-state index contributed by atoms with van der Waals surface area (Å²) >= 11 is 9.18. The van der Waals surface area contributed by atoms with Crippen molar-refractivity contribution in [3.63, 3.8) is 0 Å². The van der Waals surface area contributed by atoms with Gasteiger partial charge < -0.3 is 14.6 Å². The molecule has 0 fully saturated rings. The fourth-order valence-electron chi connectivity index (χ4n) is 2.62. The third-order valence-electron chi connectivity index (χ3n) is 4.13. The number of phenols is 1. The zero-order valence-corrected chi connectivity index (χ0v) is 19.2. The fraction of sp³-hybridized carbons (Fsp3) is 0.0870. The number of phenolic OH excluding ortho intramolecular Hbond substituents is 1. The summed E-state index contributed by atoms with van der Waals surface area (Å²) in [6.45, 7) is 2.16. The average Bonchev–Trinajstić information content (AvgIpc) is 2.77. The quantitative estimate of drug-likeness (QED) is 0.195. The lowest BCUT2D eigenvalue weighted by atomic mass is 10.2. The second-order valence-corrected chi connectivity index (χ2v) is 7.75. The molecule has 0 bridgehead atoms. The number of esters is 1. The van der Waals surface area contributed by atoms with E-state index in [1.54, 1.807) is 49.4 Å². The van der Waals surface area contributed by atoms with Crippen molar-refractivity contribution in [3.8, 4) is 17.2 Å². The zero-order chi connectivity index (χ0) is 23.1. The highest BCUT2D eigenvalue weighted by Gasteiger charge is 2.14. The number of rotatable bonds is 7. The number of halogens is 2. The van der Waals surface area contributed by atoms with Gasteiger partial charge in [0.1, 0.15) is 5.75 Å². The Labute approximate surface area is 197 Å². The number of hydrogen-bond donors (Lipinski definition) is 2. The standard InChI is InChI=1S/C23H18BrClN2O5/c1-2-31-21-11-14(13-26-27-22(29)18-12-17(25)8-9-19(18)28)3-10-20(21)32-23(30)15-4-6-16(24)7-5-15/h3-13,28H,2H2,1H3,(H,27,29)/b26-13+. The van der Waals surface area contributed by atoms with Gasteiger partial charge in [-0.15, -0.1) is 0 Å². The third kappa shape index (κ3) is 6.09. The van der Waals surface area contributed by atoms with Gasteiger partial charge in [-0.3, -0.25) is 4.79 Å². The van der Waals surface area contributed by atoms with Crippen LogP contribution in [0, 0.1) is 0 Å². The Bertz CT molecular complexity index is 1170. The van der Waals surface area contributed by atoms with Crippen molar-refractivity contribution in [2.75, 3.05) is 6.61 Å². The maximum absolute atomic E-state index is 12.4. The maximum Gasteiger partial charge on any atom is 0.343 e. The number of hydrazone groups is 1. The number of benzene rings is 3. The van der Waals surface area contributed by atoms with Crippen molar-refractivity contribution in [3.05, 3.63) is 86.8 Å². The first-order valence-electron chi connectivity index (χ1n) is 9.44. The summed E-state index contributed by atoms with van der Waals surface area (Å²) < 4.78 is 11.9. The molecule has 0 unspecified atom stereocenters. The molecule has 7 nitrogen and oxygen atoms in total. The van der Waals surface area contributed by atoms with Crippen LogP contribution < -0.4 is 14.9 Å². The van der Waals surface area contributed by atoms with E-state index in [4.69, 9.17) is 21.1 Å². The molecular formula is C23H18BrClN2O5. The molecule has 0 heterocycles. The predicted molar refractivity (Wildman–Crippen MR) is 125 cm³/mol. The lowest BCUT2D eigenvalue weighted by molar-refractivity contribution is 0.0728. The second-order valence-electron chi connectivity index (χ2n) is 6.40. The Morgan fingerprint density at radius 1 is 1.09 bits per heavy atom. The van der Waals surface area contributed by atoms with Gasteiger partial charge in [0, 0.05) is 9.50 Å². The molecule has 0 aromatic heterocycles. The number of ether oxygens (including phenoxy) is 2. The van der Waals surface area contributed by atoms with Crippen LogP contribution in [0.1, 0.15) is 33.2 Å². The molecule has 2 N–H and O–H groups in total. The molecule has 1 amide bonds. The molecule has 3 aromatic carbocycles. The average molecular weight is 518 g/mol. The van der Waals surface area contributed by atoms with E-state index in [9.17, 15) is 14.7 Å². The van der Waals surface area contributed by atoms with Gasteiger partial charge >= 0.3 is 5.97 Å². The summed E-state index contributed by atoms with van der Waals surface area (Å²) in [5, 5.41) is 14.0. The third-order valence-corrected chi connectivity index (χ3v) is 4.90. The van der Waals surface area contributed by atoms with Gasteiger partial charge in [0.2, 0.25) is 0 Å². The zero-order valence-electron chi connectivity index (χ0n) is 16.8. The molecular weight excluding hydrogens is 500 g/mol. The van der Waals surface area contributed by atoms with Crippen LogP contribution in [-0.4, -0.2) is 29.8 Å². The van der Waals surface area contributed by atoms with Crippen LogP contribution in [0.5, 0.6) is 17.2 Å². The smallest absolute Gasteiger partial charge is 0.343 e. The summed E-state index contributed by atoms with van der Waals surface area (Å²) in [7, 11) is 0. The molecule has 0 aliphatic heterocycles. The minimum absolute atomic E-state index is 0.000132. The number of nitrogens with zero attached hydrogens (tertiary/aromatic N) is 1. The van der Waals surface area contributed by atoms with E-state index in [1.165, 1.54) is 24.4 Å². The molecule has 0 saturated carbocycles. The lowest BCUT2D eigenvalue weighted by Gasteiger charge is -2.11. The molecule has 3 aromatic rings. The van der Waals surface area contributed by atoms with E-state index in [0.29, 0.717) is 28.5 Å². The summed E-state index contributed by atoms with van der Waals surface area (Å²) in [5.74, 6) is -0.747. The normalized spacial score (nSPS) is 10.7. The van der Waals surface area contributed by atoms with E-state index >= 15 is 0 Å². The van der Waals surface area contributed by atoms with Crippen LogP contribution in [0.3, 0.4) is 0 Å². The van der Waals surface area contributed by atoms with Gasteiger partial charge in [0.25, 0.3) is 5.91 Å². The Kier molecular flexibility index (Phi) is 7.86. The van der Waals surface area contributed by atoms with Crippen LogP contribution in [0.25, 0.3) is 0 Å². The van der Waals surface area contributed by atoms with E-state index < -0.39 is 11.9 Å². The minimum Gasteiger partial charge on any atom is -0.507 e. The van der Waals surface area contributed by atoms with Crippen molar-refractivity contribution < 1.29 is 24.2 Å². The van der Waals surface area contributed by atoms with Crippen LogP contribution in [0.4, 0.5) is 0 Å². The molecule has 32 heavy (non-hydrogen) atoms. The highest BCUT2D eigenvalue weighted by atomic mass is 79.9. The summed E-state index contributed by atoms with van der Waals surface area (Å²) in [6.07, 6.45) is 1.39. The summed E-state index contributed by atoms with van der Waals surface area (Å²) in [6, 6.07) is 15.8. The van der Waals surface area contributed by atoms with Gasteiger partial charge in [-0.1, -0.05) is 27.5 Å². The first kappa shape index (κ1) is 23.3. The number of aromatic hydroxyl groups is 1. The van der Waals surface area contributed by atoms with Crippen LogP contribution in [0.15, 0.2) is 70.2 Å². The van der Waals surface area contributed by atoms with Gasteiger partial charge in [-0.25, -0.2) is 10.2 Å². The molecule has 9 heteroatoms. The van der Waals surface area contributed by atoms with Crippen LogP contribution in [-0.2, 0) is 0 Å². The number of carbonyl (C=O) groups is 2. The molecule has 3 rings (SSSR count). The van der Waals surface area contributed by atoms with Crippen LogP contribution in [0.2, 0.25) is 5.02 Å². The Morgan fingerprint density at radius 2 is 1.84 bits per heavy atom. The second kappa shape index (κ2) is 10.8. The molecule has 0 spiro atoms. The largest absolute Gasteiger partial charge is 0.507 e. The van der Waals surface area contributed by atoms with Gasteiger partial charge in [-0.05, 0) is 73.2 Å². The van der Waals surface area contributed by atoms with Crippen molar-refractivity contribution in [1.82, 2.24) is 5.43 Å².